The average Bonchev–Trinajstić information content (AvgIpc) is 2.54. The topological polar surface area (TPSA) is 62.1 Å². The van der Waals surface area contributed by atoms with Crippen LogP contribution in [0.3, 0.4) is 0 Å². The first-order valence-corrected chi connectivity index (χ1v) is 7.25. The lowest BCUT2D eigenvalue weighted by Crippen LogP contribution is -2.13. The fraction of sp³-hybridized carbons (Fsp3) is 0.0588. The molecule has 2 rings (SSSR count). The van der Waals surface area contributed by atoms with E-state index in [2.05, 4.69) is 21.2 Å². The number of rotatable bonds is 4. The van der Waals surface area contributed by atoms with Gasteiger partial charge in [0.1, 0.15) is 17.4 Å². The molecule has 2 aromatic rings. The number of hydrogen-bond donors (Lipinski definition) is 1. The molecular weight excluding hydrogens is 344 g/mol. The van der Waals surface area contributed by atoms with Crippen molar-refractivity contribution >= 4 is 33.6 Å². The van der Waals surface area contributed by atoms with E-state index >= 15 is 0 Å². The monoisotopic (exact) mass is 356 g/mol. The summed E-state index contributed by atoms with van der Waals surface area (Å²) in [6.45, 7) is 0. The maximum absolute atomic E-state index is 12.2. The van der Waals surface area contributed by atoms with Gasteiger partial charge in [-0.15, -0.1) is 0 Å². The summed E-state index contributed by atoms with van der Waals surface area (Å²) in [7, 11) is 1.55. The number of halogens is 1. The van der Waals surface area contributed by atoms with Crippen LogP contribution in [0.25, 0.3) is 6.08 Å². The van der Waals surface area contributed by atoms with Crippen molar-refractivity contribution in [3.8, 4) is 11.8 Å². The predicted octanol–water partition coefficient (Wildman–Crippen LogP) is 4.00. The van der Waals surface area contributed by atoms with Crippen LogP contribution in [0.1, 0.15) is 5.56 Å². The van der Waals surface area contributed by atoms with E-state index in [1.807, 2.05) is 30.3 Å². The first-order valence-electron chi connectivity index (χ1n) is 6.46. The van der Waals surface area contributed by atoms with E-state index in [1.54, 1.807) is 37.5 Å². The highest BCUT2D eigenvalue weighted by Gasteiger charge is 2.10. The zero-order valence-electron chi connectivity index (χ0n) is 11.8. The van der Waals surface area contributed by atoms with E-state index in [1.165, 1.54) is 0 Å². The smallest absolute Gasteiger partial charge is 0.266 e. The van der Waals surface area contributed by atoms with Gasteiger partial charge in [-0.3, -0.25) is 4.79 Å². The largest absolute Gasteiger partial charge is 0.497 e. The molecule has 2 aromatic carbocycles. The standard InChI is InChI=1S/C17H13BrN2O2/c1-22-15-7-4-6-14(10-15)20-17(21)13(11-19)9-12-5-2-3-8-16(12)18/h2-10H,1H3,(H,20,21)/b13-9+. The van der Waals surface area contributed by atoms with Crippen LogP contribution in [0.2, 0.25) is 0 Å². The third kappa shape index (κ3) is 3.96. The average molecular weight is 357 g/mol. The Morgan fingerprint density at radius 2 is 2.05 bits per heavy atom. The Morgan fingerprint density at radius 3 is 2.73 bits per heavy atom. The van der Waals surface area contributed by atoms with Gasteiger partial charge < -0.3 is 10.1 Å². The summed E-state index contributed by atoms with van der Waals surface area (Å²) in [5, 5.41) is 11.9. The van der Waals surface area contributed by atoms with E-state index in [0.29, 0.717) is 11.4 Å². The first kappa shape index (κ1) is 15.8. The van der Waals surface area contributed by atoms with Crippen molar-refractivity contribution in [3.05, 3.63) is 64.1 Å². The Bertz CT molecular complexity index is 763. The number of ether oxygens (including phenoxy) is 1. The van der Waals surface area contributed by atoms with Crippen LogP contribution in [0.4, 0.5) is 5.69 Å². The summed E-state index contributed by atoms with van der Waals surface area (Å²) in [4.78, 5) is 12.2. The summed E-state index contributed by atoms with van der Waals surface area (Å²) in [5.41, 5.74) is 1.35. The molecule has 5 heteroatoms. The number of methoxy groups -OCH3 is 1. The molecule has 0 saturated heterocycles. The van der Waals surface area contributed by atoms with Crippen LogP contribution in [0, 0.1) is 11.3 Å². The lowest BCUT2D eigenvalue weighted by atomic mass is 10.1. The van der Waals surface area contributed by atoms with Crippen LogP contribution in [-0.2, 0) is 4.79 Å². The first-order chi connectivity index (χ1) is 10.6. The normalized spacial score (nSPS) is 10.7. The van der Waals surface area contributed by atoms with Gasteiger partial charge in [0.25, 0.3) is 5.91 Å². The Kier molecular flexibility index (Phi) is 5.34. The van der Waals surface area contributed by atoms with E-state index in [0.717, 1.165) is 10.0 Å². The Balaban J connectivity index is 2.23. The minimum absolute atomic E-state index is 0.0229. The second kappa shape index (κ2) is 7.43. The van der Waals surface area contributed by atoms with Crippen LogP contribution in [0.15, 0.2) is 58.6 Å². The minimum Gasteiger partial charge on any atom is -0.497 e. The van der Waals surface area contributed by atoms with Crippen molar-refractivity contribution in [3.63, 3.8) is 0 Å². The SMILES string of the molecule is COc1cccc(NC(=O)/C(C#N)=C/c2ccccc2Br)c1. The third-order valence-electron chi connectivity index (χ3n) is 2.90. The zero-order valence-corrected chi connectivity index (χ0v) is 13.4. The number of anilines is 1. The van der Waals surface area contributed by atoms with Gasteiger partial charge in [-0.25, -0.2) is 0 Å². The fourth-order valence-electron chi connectivity index (χ4n) is 1.80. The minimum atomic E-state index is -0.466. The third-order valence-corrected chi connectivity index (χ3v) is 3.62. The highest BCUT2D eigenvalue weighted by Crippen LogP contribution is 2.20. The number of hydrogen-bond acceptors (Lipinski definition) is 3. The predicted molar refractivity (Wildman–Crippen MR) is 89.4 cm³/mol. The van der Waals surface area contributed by atoms with Crippen LogP contribution in [-0.4, -0.2) is 13.0 Å². The molecule has 0 aliphatic carbocycles. The Hall–Kier alpha value is -2.58. The van der Waals surface area contributed by atoms with Gasteiger partial charge in [-0.1, -0.05) is 40.2 Å². The molecule has 0 aliphatic rings. The maximum Gasteiger partial charge on any atom is 0.266 e. The van der Waals surface area contributed by atoms with Crippen molar-refractivity contribution in [2.45, 2.75) is 0 Å². The molecule has 0 spiro atoms. The Labute approximate surface area is 137 Å². The molecule has 0 bridgehead atoms. The van der Waals surface area contributed by atoms with Gasteiger partial charge >= 0.3 is 0 Å². The number of amides is 1. The Morgan fingerprint density at radius 1 is 1.27 bits per heavy atom. The van der Waals surface area contributed by atoms with Crippen molar-refractivity contribution in [2.24, 2.45) is 0 Å². The maximum atomic E-state index is 12.2. The van der Waals surface area contributed by atoms with Crippen molar-refractivity contribution < 1.29 is 9.53 Å². The van der Waals surface area contributed by atoms with Gasteiger partial charge in [0, 0.05) is 16.2 Å². The van der Waals surface area contributed by atoms with Crippen molar-refractivity contribution in [1.29, 1.82) is 5.26 Å². The molecule has 0 heterocycles. The van der Waals surface area contributed by atoms with Crippen molar-refractivity contribution in [1.82, 2.24) is 0 Å². The number of nitrogens with one attached hydrogen (secondary N) is 1. The highest BCUT2D eigenvalue weighted by atomic mass is 79.9. The summed E-state index contributed by atoms with van der Waals surface area (Å²) >= 11 is 3.39. The molecule has 1 amide bonds. The highest BCUT2D eigenvalue weighted by molar-refractivity contribution is 9.10. The second-order valence-corrected chi connectivity index (χ2v) is 5.23. The van der Waals surface area contributed by atoms with Gasteiger partial charge in [0.15, 0.2) is 0 Å². The number of benzene rings is 2. The van der Waals surface area contributed by atoms with Crippen LogP contribution >= 0.6 is 15.9 Å². The lowest BCUT2D eigenvalue weighted by molar-refractivity contribution is -0.112. The van der Waals surface area contributed by atoms with Gasteiger partial charge in [-0.2, -0.15) is 5.26 Å². The summed E-state index contributed by atoms with van der Waals surface area (Å²) in [6.07, 6.45) is 1.54. The van der Waals surface area contributed by atoms with Crippen LogP contribution in [0.5, 0.6) is 5.75 Å². The van der Waals surface area contributed by atoms with Gasteiger partial charge in [-0.05, 0) is 29.8 Å². The van der Waals surface area contributed by atoms with E-state index in [9.17, 15) is 10.1 Å². The van der Waals surface area contributed by atoms with E-state index in [4.69, 9.17) is 4.74 Å². The lowest BCUT2D eigenvalue weighted by Gasteiger charge is -2.06. The van der Waals surface area contributed by atoms with Crippen LogP contribution < -0.4 is 10.1 Å². The fourth-order valence-corrected chi connectivity index (χ4v) is 2.19. The summed E-state index contributed by atoms with van der Waals surface area (Å²) < 4.78 is 5.91. The van der Waals surface area contributed by atoms with E-state index in [-0.39, 0.29) is 5.57 Å². The molecule has 22 heavy (non-hydrogen) atoms. The molecule has 110 valence electrons. The van der Waals surface area contributed by atoms with Crippen molar-refractivity contribution in [2.75, 3.05) is 12.4 Å². The molecule has 0 aromatic heterocycles. The zero-order chi connectivity index (χ0) is 15.9. The molecule has 0 unspecified atom stereocenters. The van der Waals surface area contributed by atoms with Gasteiger partial charge in [0.2, 0.25) is 0 Å². The molecule has 0 radical (unpaired) electrons. The number of carbonyl (C=O) groups excluding carboxylic acids is 1. The summed E-state index contributed by atoms with van der Waals surface area (Å²) in [6, 6.07) is 16.2. The van der Waals surface area contributed by atoms with E-state index < -0.39 is 5.91 Å². The molecule has 1 N–H and O–H groups in total. The molecule has 0 fully saturated rings. The summed E-state index contributed by atoms with van der Waals surface area (Å²) in [5.74, 6) is 0.164. The molecule has 0 atom stereocenters. The number of nitrogens with zero attached hydrogens (tertiary/aromatic N) is 1. The molecule has 0 aliphatic heterocycles. The molecule has 4 nitrogen and oxygen atoms in total. The second-order valence-electron chi connectivity index (χ2n) is 4.38. The molecule has 0 saturated carbocycles. The quantitative estimate of drug-likeness (QED) is 0.665. The van der Waals surface area contributed by atoms with Gasteiger partial charge in [0.05, 0.1) is 7.11 Å². The number of nitriles is 1. The number of carbonyl (C=O) groups is 1. The molecular formula is C17H13BrN2O2.